The molecule has 3 heterocycles. The first-order valence-corrected chi connectivity index (χ1v) is 9.69. The predicted molar refractivity (Wildman–Crippen MR) is 110 cm³/mol. The predicted octanol–water partition coefficient (Wildman–Crippen LogP) is 3.84. The van der Waals surface area contributed by atoms with Gasteiger partial charge in [0.1, 0.15) is 17.6 Å². The molecule has 0 saturated carbocycles. The monoisotopic (exact) mass is 389 g/mol. The smallest absolute Gasteiger partial charge is 0.255 e. The van der Waals surface area contributed by atoms with Crippen molar-refractivity contribution >= 4 is 5.91 Å². The first-order chi connectivity index (χ1) is 14.2. The summed E-state index contributed by atoms with van der Waals surface area (Å²) in [6.45, 7) is 1.34. The van der Waals surface area contributed by atoms with Gasteiger partial charge in [-0.1, -0.05) is 12.1 Å². The molecule has 6 heteroatoms. The van der Waals surface area contributed by atoms with E-state index in [2.05, 4.69) is 9.97 Å². The number of aromatic nitrogens is 2. The van der Waals surface area contributed by atoms with Crippen molar-refractivity contribution in [2.24, 2.45) is 0 Å². The Labute approximate surface area is 170 Å². The third kappa shape index (κ3) is 4.54. The van der Waals surface area contributed by atoms with Gasteiger partial charge in [-0.3, -0.25) is 14.8 Å². The summed E-state index contributed by atoms with van der Waals surface area (Å²) in [6, 6.07) is 15.2. The molecule has 29 heavy (non-hydrogen) atoms. The molecule has 148 valence electrons. The van der Waals surface area contributed by atoms with E-state index in [4.69, 9.17) is 9.47 Å². The largest absolute Gasteiger partial charge is 0.497 e. The van der Waals surface area contributed by atoms with Crippen molar-refractivity contribution in [2.45, 2.75) is 18.9 Å². The minimum absolute atomic E-state index is 0.00881. The van der Waals surface area contributed by atoms with Crippen LogP contribution in [-0.2, 0) is 0 Å². The van der Waals surface area contributed by atoms with Crippen molar-refractivity contribution in [3.63, 3.8) is 0 Å². The molecule has 0 atom stereocenters. The highest BCUT2D eigenvalue weighted by molar-refractivity contribution is 5.94. The van der Waals surface area contributed by atoms with Gasteiger partial charge in [0, 0.05) is 43.9 Å². The lowest BCUT2D eigenvalue weighted by Crippen LogP contribution is -2.41. The summed E-state index contributed by atoms with van der Waals surface area (Å²) in [5, 5.41) is 0. The quantitative estimate of drug-likeness (QED) is 0.663. The second-order valence-electron chi connectivity index (χ2n) is 6.96. The third-order valence-electron chi connectivity index (χ3n) is 5.04. The number of nitrogens with zero attached hydrogens (tertiary/aromatic N) is 3. The van der Waals surface area contributed by atoms with Crippen molar-refractivity contribution in [1.29, 1.82) is 0 Å². The number of hydrogen-bond acceptors (Lipinski definition) is 5. The maximum atomic E-state index is 12.8. The van der Waals surface area contributed by atoms with Crippen LogP contribution in [-0.4, -0.2) is 47.1 Å². The van der Waals surface area contributed by atoms with E-state index < -0.39 is 0 Å². The lowest BCUT2D eigenvalue weighted by molar-refractivity contribution is 0.0594. The molecule has 1 aliphatic rings. The number of likely N-dealkylation sites (tertiary alicyclic amines) is 1. The minimum atomic E-state index is 0.00881. The molecule has 0 N–H and O–H groups in total. The number of hydrogen-bond donors (Lipinski definition) is 0. The van der Waals surface area contributed by atoms with Crippen LogP contribution in [0, 0.1) is 0 Å². The minimum Gasteiger partial charge on any atom is -0.497 e. The van der Waals surface area contributed by atoms with Crippen molar-refractivity contribution in [3.8, 4) is 22.8 Å². The summed E-state index contributed by atoms with van der Waals surface area (Å²) in [4.78, 5) is 23.2. The van der Waals surface area contributed by atoms with Crippen molar-refractivity contribution in [3.05, 3.63) is 72.7 Å². The SMILES string of the molecule is COc1cccc(-c2ccc(C(=O)N3CCC(Oc4cccnc4)CC3)cn2)c1. The highest BCUT2D eigenvalue weighted by Crippen LogP contribution is 2.23. The normalized spacial score (nSPS) is 14.4. The molecule has 0 bridgehead atoms. The molecule has 0 aliphatic carbocycles. The van der Waals surface area contributed by atoms with Crippen LogP contribution in [0.3, 0.4) is 0 Å². The third-order valence-corrected chi connectivity index (χ3v) is 5.04. The van der Waals surface area contributed by atoms with Crippen molar-refractivity contribution in [2.75, 3.05) is 20.2 Å². The molecule has 2 aromatic heterocycles. The molecule has 6 nitrogen and oxygen atoms in total. The molecule has 0 radical (unpaired) electrons. The van der Waals surface area contributed by atoms with Gasteiger partial charge in [0.2, 0.25) is 0 Å². The summed E-state index contributed by atoms with van der Waals surface area (Å²) in [5.41, 5.74) is 2.36. The molecule has 0 spiro atoms. The zero-order chi connectivity index (χ0) is 20.1. The molecule has 0 unspecified atom stereocenters. The van der Waals surface area contributed by atoms with Gasteiger partial charge >= 0.3 is 0 Å². The average molecular weight is 389 g/mol. The summed E-state index contributed by atoms with van der Waals surface area (Å²) < 4.78 is 11.2. The highest BCUT2D eigenvalue weighted by atomic mass is 16.5. The second kappa shape index (κ2) is 8.73. The lowest BCUT2D eigenvalue weighted by Gasteiger charge is -2.32. The van der Waals surface area contributed by atoms with E-state index in [1.165, 1.54) is 0 Å². The summed E-state index contributed by atoms with van der Waals surface area (Å²) >= 11 is 0. The molecule has 1 fully saturated rings. The van der Waals surface area contributed by atoms with E-state index in [1.807, 2.05) is 53.4 Å². The number of rotatable bonds is 5. The molecular formula is C23H23N3O3. The number of methoxy groups -OCH3 is 1. The Balaban J connectivity index is 1.36. The molecule has 1 saturated heterocycles. The van der Waals surface area contributed by atoms with Gasteiger partial charge in [0.25, 0.3) is 5.91 Å². The van der Waals surface area contributed by atoms with Gasteiger partial charge in [-0.25, -0.2) is 0 Å². The van der Waals surface area contributed by atoms with E-state index in [1.54, 1.807) is 25.7 Å². The number of carbonyl (C=O) groups is 1. The van der Waals surface area contributed by atoms with Crippen LogP contribution in [0.4, 0.5) is 0 Å². The highest BCUT2D eigenvalue weighted by Gasteiger charge is 2.25. The summed E-state index contributed by atoms with van der Waals surface area (Å²) in [5.74, 6) is 1.56. The van der Waals surface area contributed by atoms with Crippen LogP contribution in [0.1, 0.15) is 23.2 Å². The first kappa shape index (κ1) is 18.9. The van der Waals surface area contributed by atoms with Gasteiger partial charge in [0.15, 0.2) is 0 Å². The number of benzene rings is 1. The fourth-order valence-corrected chi connectivity index (χ4v) is 3.44. The van der Waals surface area contributed by atoms with E-state index in [0.717, 1.165) is 35.6 Å². The molecule has 1 amide bonds. The van der Waals surface area contributed by atoms with E-state index in [0.29, 0.717) is 18.7 Å². The Morgan fingerprint density at radius 2 is 1.86 bits per heavy atom. The van der Waals surface area contributed by atoms with Crippen molar-refractivity contribution < 1.29 is 14.3 Å². The molecule has 4 rings (SSSR count). The van der Waals surface area contributed by atoms with Gasteiger partial charge in [0.05, 0.1) is 24.6 Å². The van der Waals surface area contributed by atoms with Crippen LogP contribution >= 0.6 is 0 Å². The Bertz CT molecular complexity index is 953. The van der Waals surface area contributed by atoms with Crippen molar-refractivity contribution in [1.82, 2.24) is 14.9 Å². The molecular weight excluding hydrogens is 366 g/mol. The van der Waals surface area contributed by atoms with Gasteiger partial charge < -0.3 is 14.4 Å². The fourth-order valence-electron chi connectivity index (χ4n) is 3.44. The Kier molecular flexibility index (Phi) is 5.70. The van der Waals surface area contributed by atoms with Crippen LogP contribution in [0.2, 0.25) is 0 Å². The van der Waals surface area contributed by atoms with Crippen LogP contribution < -0.4 is 9.47 Å². The Morgan fingerprint density at radius 1 is 1.03 bits per heavy atom. The van der Waals surface area contributed by atoms with Crippen LogP contribution in [0.25, 0.3) is 11.3 Å². The maximum Gasteiger partial charge on any atom is 0.255 e. The topological polar surface area (TPSA) is 64.5 Å². The number of ether oxygens (including phenoxy) is 2. The number of piperidine rings is 1. The second-order valence-corrected chi connectivity index (χ2v) is 6.96. The fraction of sp³-hybridized carbons (Fsp3) is 0.261. The van der Waals surface area contributed by atoms with Crippen LogP contribution in [0.15, 0.2) is 67.1 Å². The van der Waals surface area contributed by atoms with E-state index in [9.17, 15) is 4.79 Å². The zero-order valence-electron chi connectivity index (χ0n) is 16.3. The lowest BCUT2D eigenvalue weighted by atomic mass is 10.1. The van der Waals surface area contributed by atoms with Gasteiger partial charge in [-0.2, -0.15) is 0 Å². The van der Waals surface area contributed by atoms with E-state index >= 15 is 0 Å². The first-order valence-electron chi connectivity index (χ1n) is 9.69. The molecule has 1 aromatic carbocycles. The Morgan fingerprint density at radius 3 is 2.55 bits per heavy atom. The molecule has 3 aromatic rings. The number of pyridine rings is 2. The summed E-state index contributed by atoms with van der Waals surface area (Å²) in [6.07, 6.45) is 6.80. The van der Waals surface area contributed by atoms with Crippen LogP contribution in [0.5, 0.6) is 11.5 Å². The average Bonchev–Trinajstić information content (AvgIpc) is 2.80. The van der Waals surface area contributed by atoms with Gasteiger partial charge in [-0.15, -0.1) is 0 Å². The standard InChI is InChI=1S/C23H23N3O3/c1-28-20-5-2-4-17(14-20)22-8-7-18(15-25-22)23(27)26-12-9-19(10-13-26)29-21-6-3-11-24-16-21/h2-8,11,14-16,19H,9-10,12-13H2,1H3. The summed E-state index contributed by atoms with van der Waals surface area (Å²) in [7, 11) is 1.64. The van der Waals surface area contributed by atoms with E-state index in [-0.39, 0.29) is 12.0 Å². The van der Waals surface area contributed by atoms with Gasteiger partial charge in [-0.05, 0) is 36.4 Å². The number of carbonyl (C=O) groups excluding carboxylic acids is 1. The number of amides is 1. The zero-order valence-corrected chi connectivity index (χ0v) is 16.3. The Hall–Kier alpha value is -3.41. The molecule has 1 aliphatic heterocycles. The maximum absolute atomic E-state index is 12.8.